The Morgan fingerprint density at radius 3 is 2.77 bits per heavy atom. The summed E-state index contributed by atoms with van der Waals surface area (Å²) in [7, 11) is 0. The first-order valence-electron chi connectivity index (χ1n) is 3.91. The molecule has 0 bridgehead atoms. The molecule has 2 rings (SSSR count). The molecule has 66 valence electrons. The van der Waals surface area contributed by atoms with Crippen LogP contribution in [-0.2, 0) is 0 Å². The number of rotatable bonds is 2. The predicted octanol–water partition coefficient (Wildman–Crippen LogP) is 2.41. The van der Waals surface area contributed by atoms with E-state index in [1.165, 1.54) is 12.5 Å². The largest absolute Gasteiger partial charge is 0.469 e. The van der Waals surface area contributed by atoms with Crippen LogP contribution >= 0.6 is 0 Å². The number of ketones is 1. The molecule has 2 aromatic rings. The summed E-state index contributed by atoms with van der Waals surface area (Å²) < 4.78 is 9.99. The fourth-order valence-corrected chi connectivity index (χ4v) is 1.11. The average Bonchev–Trinajstić information content (AvgIpc) is 2.72. The third-order valence-corrected chi connectivity index (χ3v) is 1.74. The maximum atomic E-state index is 11.6. The Hall–Kier alpha value is -1.77. The Labute approximate surface area is 75.0 Å². The van der Waals surface area contributed by atoms with Crippen molar-refractivity contribution >= 4 is 5.78 Å². The van der Waals surface area contributed by atoms with Gasteiger partial charge in [-0.15, -0.1) is 0 Å². The van der Waals surface area contributed by atoms with Gasteiger partial charge in [0.2, 0.25) is 5.78 Å². The molecule has 0 saturated heterocycles. The molecule has 0 atom stereocenters. The molecule has 0 aliphatic heterocycles. The number of furan rings is 2. The van der Waals surface area contributed by atoms with Gasteiger partial charge in [0.1, 0.15) is 12.0 Å². The molecule has 13 heavy (non-hydrogen) atoms. The minimum Gasteiger partial charge on any atom is -0.469 e. The molecule has 0 spiro atoms. The molecule has 0 aromatic carbocycles. The van der Waals surface area contributed by atoms with Crippen LogP contribution in [0.1, 0.15) is 21.9 Å². The van der Waals surface area contributed by atoms with Crippen LogP contribution in [0.5, 0.6) is 0 Å². The van der Waals surface area contributed by atoms with Crippen molar-refractivity contribution in [3.63, 3.8) is 0 Å². The van der Waals surface area contributed by atoms with Crippen LogP contribution in [0.15, 0.2) is 39.6 Å². The van der Waals surface area contributed by atoms with E-state index in [0.29, 0.717) is 11.3 Å². The van der Waals surface area contributed by atoms with Crippen molar-refractivity contribution in [2.24, 2.45) is 0 Å². The lowest BCUT2D eigenvalue weighted by atomic mass is 10.2. The van der Waals surface area contributed by atoms with Crippen LogP contribution in [0.3, 0.4) is 0 Å². The zero-order chi connectivity index (χ0) is 9.26. The summed E-state index contributed by atoms with van der Waals surface area (Å²) in [5.41, 5.74) is 0.521. The minimum atomic E-state index is -0.151. The highest BCUT2D eigenvalue weighted by molar-refractivity contribution is 6.06. The van der Waals surface area contributed by atoms with E-state index < -0.39 is 0 Å². The smallest absolute Gasteiger partial charge is 0.231 e. The van der Waals surface area contributed by atoms with E-state index >= 15 is 0 Å². The maximum Gasteiger partial charge on any atom is 0.231 e. The lowest BCUT2D eigenvalue weighted by Crippen LogP contribution is -1.96. The van der Waals surface area contributed by atoms with Crippen molar-refractivity contribution < 1.29 is 13.6 Å². The summed E-state index contributed by atoms with van der Waals surface area (Å²) >= 11 is 0. The van der Waals surface area contributed by atoms with Gasteiger partial charge in [-0.2, -0.15) is 0 Å². The van der Waals surface area contributed by atoms with Gasteiger partial charge in [-0.3, -0.25) is 4.79 Å². The predicted molar refractivity (Wildman–Crippen MR) is 45.6 cm³/mol. The molecule has 0 aliphatic rings. The lowest BCUT2D eigenvalue weighted by molar-refractivity contribution is 0.101. The van der Waals surface area contributed by atoms with Gasteiger partial charge in [-0.1, -0.05) is 0 Å². The Balaban J connectivity index is 2.33. The van der Waals surface area contributed by atoms with Crippen molar-refractivity contribution in [1.29, 1.82) is 0 Å². The SMILES string of the molecule is Cc1cc(C(=O)c2ccco2)co1. The van der Waals surface area contributed by atoms with Crippen molar-refractivity contribution in [2.75, 3.05) is 0 Å². The van der Waals surface area contributed by atoms with Crippen LogP contribution in [0.2, 0.25) is 0 Å². The van der Waals surface area contributed by atoms with Gasteiger partial charge in [0.25, 0.3) is 0 Å². The molecule has 3 heteroatoms. The highest BCUT2D eigenvalue weighted by Crippen LogP contribution is 2.12. The molecule has 0 aliphatic carbocycles. The maximum absolute atomic E-state index is 11.6. The van der Waals surface area contributed by atoms with Gasteiger partial charge in [-0.05, 0) is 25.1 Å². The molecular formula is C10H8O3. The number of hydrogen-bond donors (Lipinski definition) is 0. The molecule has 0 unspecified atom stereocenters. The average molecular weight is 176 g/mol. The third kappa shape index (κ3) is 1.40. The van der Waals surface area contributed by atoms with E-state index in [1.807, 2.05) is 0 Å². The summed E-state index contributed by atoms with van der Waals surface area (Å²) in [5.74, 6) is 0.901. The molecule has 2 heterocycles. The van der Waals surface area contributed by atoms with Gasteiger partial charge in [0.15, 0.2) is 5.76 Å². The standard InChI is InChI=1S/C10H8O3/c1-7-5-8(6-13-7)10(11)9-3-2-4-12-9/h2-6H,1H3. The van der Waals surface area contributed by atoms with E-state index in [2.05, 4.69) is 0 Å². The van der Waals surface area contributed by atoms with E-state index in [1.54, 1.807) is 25.1 Å². The Kier molecular flexibility index (Phi) is 1.77. The van der Waals surface area contributed by atoms with Crippen molar-refractivity contribution in [2.45, 2.75) is 6.92 Å². The van der Waals surface area contributed by atoms with Crippen molar-refractivity contribution in [3.8, 4) is 0 Å². The van der Waals surface area contributed by atoms with E-state index in [9.17, 15) is 4.79 Å². The number of carbonyl (C=O) groups is 1. The van der Waals surface area contributed by atoms with Gasteiger partial charge in [-0.25, -0.2) is 0 Å². The Morgan fingerprint density at radius 1 is 1.38 bits per heavy atom. The molecule has 2 aromatic heterocycles. The summed E-state index contributed by atoms with van der Waals surface area (Å²) in [4.78, 5) is 11.6. The van der Waals surface area contributed by atoms with Crippen LogP contribution in [0, 0.1) is 6.92 Å². The summed E-state index contributed by atoms with van der Waals surface area (Å²) in [6.45, 7) is 1.79. The Morgan fingerprint density at radius 2 is 2.23 bits per heavy atom. The quantitative estimate of drug-likeness (QED) is 0.660. The lowest BCUT2D eigenvalue weighted by Gasteiger charge is -1.89. The molecule has 0 amide bonds. The van der Waals surface area contributed by atoms with E-state index in [-0.39, 0.29) is 5.78 Å². The second-order valence-electron chi connectivity index (χ2n) is 2.75. The monoisotopic (exact) mass is 176 g/mol. The number of hydrogen-bond acceptors (Lipinski definition) is 3. The molecule has 0 N–H and O–H groups in total. The Bertz CT molecular complexity index is 409. The summed E-state index contributed by atoms with van der Waals surface area (Å²) in [6, 6.07) is 5.00. The van der Waals surface area contributed by atoms with Crippen LogP contribution in [0.4, 0.5) is 0 Å². The topological polar surface area (TPSA) is 43.4 Å². The highest BCUT2D eigenvalue weighted by atomic mass is 16.3. The summed E-state index contributed by atoms with van der Waals surface area (Å²) in [5, 5.41) is 0. The third-order valence-electron chi connectivity index (χ3n) is 1.74. The van der Waals surface area contributed by atoms with Crippen LogP contribution in [-0.4, -0.2) is 5.78 Å². The minimum absolute atomic E-state index is 0.151. The number of carbonyl (C=O) groups excluding carboxylic acids is 1. The second kappa shape index (κ2) is 2.94. The molecule has 0 radical (unpaired) electrons. The fourth-order valence-electron chi connectivity index (χ4n) is 1.11. The second-order valence-corrected chi connectivity index (χ2v) is 2.75. The molecular weight excluding hydrogens is 168 g/mol. The van der Waals surface area contributed by atoms with E-state index in [4.69, 9.17) is 8.83 Å². The number of aryl methyl sites for hydroxylation is 1. The normalized spacial score (nSPS) is 10.2. The molecule has 3 nitrogen and oxygen atoms in total. The van der Waals surface area contributed by atoms with Crippen LogP contribution in [0.25, 0.3) is 0 Å². The van der Waals surface area contributed by atoms with Gasteiger partial charge < -0.3 is 8.83 Å². The first-order chi connectivity index (χ1) is 6.27. The first-order valence-corrected chi connectivity index (χ1v) is 3.91. The van der Waals surface area contributed by atoms with Crippen molar-refractivity contribution in [3.05, 3.63) is 47.8 Å². The van der Waals surface area contributed by atoms with E-state index in [0.717, 1.165) is 5.76 Å². The summed E-state index contributed by atoms with van der Waals surface area (Å²) in [6.07, 6.45) is 2.90. The van der Waals surface area contributed by atoms with Crippen LogP contribution < -0.4 is 0 Å². The zero-order valence-electron chi connectivity index (χ0n) is 7.11. The van der Waals surface area contributed by atoms with Gasteiger partial charge in [0, 0.05) is 0 Å². The van der Waals surface area contributed by atoms with Crippen molar-refractivity contribution in [1.82, 2.24) is 0 Å². The highest BCUT2D eigenvalue weighted by Gasteiger charge is 2.13. The van der Waals surface area contributed by atoms with Gasteiger partial charge in [0.05, 0.1) is 11.8 Å². The van der Waals surface area contributed by atoms with Gasteiger partial charge >= 0.3 is 0 Å². The fraction of sp³-hybridized carbons (Fsp3) is 0.100. The molecule has 0 saturated carbocycles. The molecule has 0 fully saturated rings. The zero-order valence-corrected chi connectivity index (χ0v) is 7.11. The first kappa shape index (κ1) is 7.86.